The van der Waals surface area contributed by atoms with Gasteiger partial charge >= 0.3 is 0 Å². The largest absolute Gasteiger partial charge is 0.307 e. The number of aromatic nitrogens is 2. The van der Waals surface area contributed by atoms with Crippen LogP contribution in [0.3, 0.4) is 0 Å². The molecule has 4 aromatic heterocycles. The van der Waals surface area contributed by atoms with Crippen LogP contribution in [0.4, 0.5) is 0 Å². The fourth-order valence-electron chi connectivity index (χ4n) is 5.92. The molecule has 2 aromatic carbocycles. The van der Waals surface area contributed by atoms with Gasteiger partial charge in [0.1, 0.15) is 0 Å². The second kappa shape index (κ2) is 5.70. The summed E-state index contributed by atoms with van der Waals surface area (Å²) in [6, 6.07) is 13.7. The summed E-state index contributed by atoms with van der Waals surface area (Å²) in [5, 5.41) is 9.11. The molecule has 1 aliphatic rings. The zero-order chi connectivity index (χ0) is 19.1. The first-order chi connectivity index (χ1) is 14.3. The van der Waals surface area contributed by atoms with Crippen LogP contribution in [0, 0.1) is 12.8 Å². The van der Waals surface area contributed by atoms with Crippen LogP contribution < -0.4 is 0 Å². The standard InChI is InChI=1S/C26H22N2S/c1-15-25-20(14-29-15)24-23-17(10-11-27-24)13-18(12-16-6-2-3-7-16)22-19-8-4-5-9-21(19)28(25)26(22)23/h4-5,8-11,13-14,16H,2-3,6-7,12H2,1H3. The molecule has 0 N–H and O–H groups in total. The predicted molar refractivity (Wildman–Crippen MR) is 125 cm³/mol. The summed E-state index contributed by atoms with van der Waals surface area (Å²) in [4.78, 5) is 6.24. The number of hydrogen-bond acceptors (Lipinski definition) is 2. The van der Waals surface area contributed by atoms with E-state index in [0.29, 0.717) is 0 Å². The van der Waals surface area contributed by atoms with Crippen molar-refractivity contribution >= 4 is 60.3 Å². The van der Waals surface area contributed by atoms with Gasteiger partial charge in [0.05, 0.1) is 22.1 Å². The molecule has 1 aliphatic carbocycles. The highest BCUT2D eigenvalue weighted by molar-refractivity contribution is 7.11. The summed E-state index contributed by atoms with van der Waals surface area (Å²) in [5.41, 5.74) is 6.75. The van der Waals surface area contributed by atoms with Crippen LogP contribution in [0.2, 0.25) is 0 Å². The van der Waals surface area contributed by atoms with Gasteiger partial charge in [0.15, 0.2) is 0 Å². The average Bonchev–Trinajstić information content (AvgIpc) is 3.46. The topological polar surface area (TPSA) is 17.3 Å². The molecule has 7 rings (SSSR count). The molecule has 0 aliphatic heterocycles. The van der Waals surface area contributed by atoms with E-state index in [1.165, 1.54) is 86.0 Å². The highest BCUT2D eigenvalue weighted by Gasteiger charge is 2.24. The van der Waals surface area contributed by atoms with Gasteiger partial charge < -0.3 is 4.40 Å². The van der Waals surface area contributed by atoms with Crippen LogP contribution in [0.5, 0.6) is 0 Å². The first-order valence-corrected chi connectivity index (χ1v) is 11.6. The van der Waals surface area contributed by atoms with Crippen molar-refractivity contribution in [3.05, 3.63) is 58.4 Å². The minimum Gasteiger partial charge on any atom is -0.307 e. The van der Waals surface area contributed by atoms with Crippen molar-refractivity contribution < 1.29 is 0 Å². The molecule has 142 valence electrons. The number of thiophene rings is 1. The number of hydrogen-bond donors (Lipinski definition) is 0. The van der Waals surface area contributed by atoms with Crippen LogP contribution >= 0.6 is 11.3 Å². The smallest absolute Gasteiger partial charge is 0.0831 e. The van der Waals surface area contributed by atoms with Gasteiger partial charge in [-0.15, -0.1) is 11.3 Å². The van der Waals surface area contributed by atoms with E-state index in [-0.39, 0.29) is 0 Å². The molecular formula is C26H22N2S. The molecule has 0 amide bonds. The van der Waals surface area contributed by atoms with Gasteiger partial charge in [-0.3, -0.25) is 4.98 Å². The van der Waals surface area contributed by atoms with E-state index in [9.17, 15) is 0 Å². The van der Waals surface area contributed by atoms with Crippen LogP contribution in [-0.4, -0.2) is 9.38 Å². The molecule has 3 heteroatoms. The SMILES string of the molecule is Cc1scc2c3nccc4cc(CC5CCCC5)c5c6ccccc6n(c12)c5c43. The maximum atomic E-state index is 4.87. The lowest BCUT2D eigenvalue weighted by molar-refractivity contribution is 0.549. The van der Waals surface area contributed by atoms with Crippen LogP contribution in [0.15, 0.2) is 48.0 Å². The Morgan fingerprint density at radius 1 is 1.03 bits per heavy atom. The molecule has 2 nitrogen and oxygen atoms in total. The fraction of sp³-hybridized carbons (Fsp3) is 0.269. The lowest BCUT2D eigenvalue weighted by atomic mass is 9.91. The first kappa shape index (κ1) is 16.2. The van der Waals surface area contributed by atoms with Gasteiger partial charge in [0.25, 0.3) is 0 Å². The van der Waals surface area contributed by atoms with Crippen LogP contribution in [0.25, 0.3) is 49.0 Å². The zero-order valence-corrected chi connectivity index (χ0v) is 17.4. The van der Waals surface area contributed by atoms with E-state index in [0.717, 1.165) is 11.4 Å². The van der Waals surface area contributed by atoms with Crippen molar-refractivity contribution in [1.82, 2.24) is 9.38 Å². The van der Waals surface area contributed by atoms with Crippen LogP contribution in [0.1, 0.15) is 36.1 Å². The van der Waals surface area contributed by atoms with Crippen molar-refractivity contribution in [1.29, 1.82) is 0 Å². The van der Waals surface area contributed by atoms with E-state index in [1.807, 2.05) is 17.5 Å². The number of benzene rings is 2. The number of aryl methyl sites for hydroxylation is 1. The Morgan fingerprint density at radius 2 is 1.90 bits per heavy atom. The predicted octanol–water partition coefficient (Wildman–Crippen LogP) is 7.49. The molecular weight excluding hydrogens is 372 g/mol. The van der Waals surface area contributed by atoms with E-state index >= 15 is 0 Å². The van der Waals surface area contributed by atoms with Crippen molar-refractivity contribution in [2.24, 2.45) is 5.92 Å². The fourth-order valence-corrected chi connectivity index (χ4v) is 6.76. The Morgan fingerprint density at radius 3 is 2.79 bits per heavy atom. The second-order valence-corrected chi connectivity index (χ2v) is 9.86. The molecule has 1 fully saturated rings. The highest BCUT2D eigenvalue weighted by atomic mass is 32.1. The minimum absolute atomic E-state index is 0.834. The molecule has 0 atom stereocenters. The van der Waals surface area contributed by atoms with Crippen molar-refractivity contribution in [3.63, 3.8) is 0 Å². The maximum absolute atomic E-state index is 4.87. The molecule has 0 unspecified atom stereocenters. The summed E-state index contributed by atoms with van der Waals surface area (Å²) in [7, 11) is 0. The van der Waals surface area contributed by atoms with Gasteiger partial charge in [0.2, 0.25) is 0 Å². The summed E-state index contributed by atoms with van der Waals surface area (Å²) in [6.45, 7) is 2.25. The molecule has 29 heavy (non-hydrogen) atoms. The highest BCUT2D eigenvalue weighted by Crippen LogP contribution is 2.45. The number of nitrogens with zero attached hydrogens (tertiary/aromatic N) is 2. The van der Waals surface area contributed by atoms with E-state index < -0.39 is 0 Å². The minimum atomic E-state index is 0.834. The molecule has 0 bridgehead atoms. The summed E-state index contributed by atoms with van der Waals surface area (Å²) in [6.07, 6.45) is 8.76. The summed E-state index contributed by atoms with van der Waals surface area (Å²) in [5.74, 6) is 0.834. The molecule has 6 aromatic rings. The molecule has 0 spiro atoms. The van der Waals surface area contributed by atoms with E-state index in [4.69, 9.17) is 4.98 Å². The van der Waals surface area contributed by atoms with E-state index in [1.54, 1.807) is 0 Å². The normalized spacial score (nSPS) is 15.9. The van der Waals surface area contributed by atoms with Crippen molar-refractivity contribution in [3.8, 4) is 0 Å². The summed E-state index contributed by atoms with van der Waals surface area (Å²) >= 11 is 1.84. The average molecular weight is 395 g/mol. The van der Waals surface area contributed by atoms with Gasteiger partial charge in [0, 0.05) is 38.0 Å². The number of fused-ring (bicyclic) bond motifs is 6. The second-order valence-electron chi connectivity index (χ2n) is 8.78. The van der Waals surface area contributed by atoms with E-state index in [2.05, 4.69) is 53.1 Å². The van der Waals surface area contributed by atoms with Crippen molar-refractivity contribution in [2.45, 2.75) is 39.0 Å². The zero-order valence-electron chi connectivity index (χ0n) is 16.5. The molecule has 4 heterocycles. The Labute approximate surface area is 173 Å². The number of rotatable bonds is 2. The Bertz CT molecular complexity index is 1550. The number of para-hydroxylation sites is 1. The van der Waals surface area contributed by atoms with Crippen molar-refractivity contribution in [2.75, 3.05) is 0 Å². The maximum Gasteiger partial charge on any atom is 0.0831 e. The lowest BCUT2D eigenvalue weighted by Crippen LogP contribution is -2.01. The third-order valence-electron chi connectivity index (χ3n) is 7.15. The van der Waals surface area contributed by atoms with Gasteiger partial charge in [-0.05, 0) is 42.3 Å². The van der Waals surface area contributed by atoms with Gasteiger partial charge in [-0.25, -0.2) is 0 Å². The Hall–Kier alpha value is -2.65. The lowest BCUT2D eigenvalue weighted by Gasteiger charge is -2.15. The Kier molecular flexibility index (Phi) is 3.18. The van der Waals surface area contributed by atoms with Gasteiger partial charge in [-0.2, -0.15) is 0 Å². The summed E-state index contributed by atoms with van der Waals surface area (Å²) < 4.78 is 2.54. The quantitative estimate of drug-likeness (QED) is 0.297. The third kappa shape index (κ3) is 2.04. The Balaban J connectivity index is 1.77. The number of pyridine rings is 2. The molecule has 0 saturated heterocycles. The van der Waals surface area contributed by atoms with Gasteiger partial charge in [-0.1, -0.05) is 49.9 Å². The third-order valence-corrected chi connectivity index (χ3v) is 8.05. The first-order valence-electron chi connectivity index (χ1n) is 10.7. The molecule has 1 saturated carbocycles. The monoisotopic (exact) mass is 394 g/mol. The van der Waals surface area contributed by atoms with Crippen LogP contribution in [-0.2, 0) is 6.42 Å². The molecule has 0 radical (unpaired) electrons.